The predicted octanol–water partition coefficient (Wildman–Crippen LogP) is -3.75. The first-order valence-corrected chi connectivity index (χ1v) is 31.1. The summed E-state index contributed by atoms with van der Waals surface area (Å²) in [5.74, 6) is 3.54. The summed E-state index contributed by atoms with van der Waals surface area (Å²) in [6.07, 6.45) is -12.1. The van der Waals surface area contributed by atoms with Crippen LogP contribution in [0.4, 0.5) is 10.5 Å². The van der Waals surface area contributed by atoms with E-state index in [-0.39, 0.29) is 60.7 Å². The van der Waals surface area contributed by atoms with E-state index in [1.54, 1.807) is 12.1 Å². The van der Waals surface area contributed by atoms with Gasteiger partial charge in [0.05, 0.1) is 55.7 Å². The normalized spacial score (nSPS) is 33.5. The molecule has 1 aromatic carbocycles. The molecule has 7 rings (SSSR count). The lowest BCUT2D eigenvalue weighted by Gasteiger charge is -2.48. The number of amides is 7. The quantitative estimate of drug-likeness (QED) is 0.00878. The summed E-state index contributed by atoms with van der Waals surface area (Å²) in [7, 11) is 4.12. The Hall–Kier alpha value is -4.88. The number of aliphatic hydroxyl groups excluding tert-OH is 7. The van der Waals surface area contributed by atoms with Crippen molar-refractivity contribution in [2.75, 3.05) is 57.2 Å². The molecule has 1 aromatic rings. The highest BCUT2D eigenvalue weighted by Gasteiger charge is 2.59. The van der Waals surface area contributed by atoms with Crippen LogP contribution in [0.1, 0.15) is 68.6 Å². The highest BCUT2D eigenvalue weighted by Crippen LogP contribution is 2.39. The topological polar surface area (TPSA) is 450 Å². The molecule has 30 nitrogen and oxygen atoms in total. The lowest BCUT2D eigenvalue weighted by atomic mass is 9.94. The second kappa shape index (κ2) is 32.0. The number of nitrogens with one attached hydrogen (secondary N) is 8. The Morgan fingerprint density at radius 2 is 1.49 bits per heavy atom. The number of carbonyl (C=O) groups excluding carboxylic acids is 6. The second-order valence-corrected chi connectivity index (χ2v) is 24.7. The van der Waals surface area contributed by atoms with Gasteiger partial charge in [0, 0.05) is 68.0 Å². The van der Waals surface area contributed by atoms with Crippen molar-refractivity contribution < 1.29 is 88.2 Å². The fourth-order valence-corrected chi connectivity index (χ4v) is 14.3. The van der Waals surface area contributed by atoms with Crippen LogP contribution < -0.4 is 48.4 Å². The van der Waals surface area contributed by atoms with Crippen molar-refractivity contribution in [3.05, 3.63) is 29.8 Å². The molecule has 17 N–H and O–H groups in total. The number of carbonyl (C=O) groups is 6. The molecule has 1 aliphatic carbocycles. The number of urea groups is 1. The molecule has 6 fully saturated rings. The Balaban J connectivity index is 0.858. The molecule has 0 spiro atoms. The number of amidine groups is 1. The first kappa shape index (κ1) is 65.7. The van der Waals surface area contributed by atoms with Crippen LogP contribution in [-0.2, 0) is 42.9 Å². The minimum Gasteiger partial charge on any atom is -0.459 e. The van der Waals surface area contributed by atoms with Crippen LogP contribution in [0.25, 0.3) is 0 Å². The van der Waals surface area contributed by atoms with Crippen LogP contribution in [0.15, 0.2) is 39.6 Å². The van der Waals surface area contributed by atoms with Crippen molar-refractivity contribution in [3.8, 4) is 0 Å². The molecule has 33 heteroatoms. The smallest absolute Gasteiger partial charge is 0.315 e. The summed E-state index contributed by atoms with van der Waals surface area (Å²) in [6, 6.07) is 1.84. The molecular weight excluding hydrogens is 1150 g/mol. The molecule has 464 valence electrons. The fourth-order valence-electron chi connectivity index (χ4n) is 10.8. The van der Waals surface area contributed by atoms with E-state index in [9.17, 15) is 64.5 Å². The number of nitrogens with two attached hydrogens (primary N) is 1. The first-order valence-electron chi connectivity index (χ1n) is 27.6. The molecule has 7 amide bonds. The fraction of sp³-hybridized carbons (Fsp3) is 0.740. The number of nitrogens with zero attached hydrogens (tertiary/aromatic N) is 3. The summed E-state index contributed by atoms with van der Waals surface area (Å²) in [5, 5.41) is 106. The average molecular weight is 1230 g/mol. The molecule has 0 bridgehead atoms. The monoisotopic (exact) mass is 1230 g/mol. The number of rotatable bonds is 30. The number of thioether (sulfide) groups is 1. The zero-order chi connectivity index (χ0) is 59.7. The SMILES string of the molecule is CN=C1N[C@@H]2[C@@H](O)[C@H](O[C@@H]3O[C@H](CO)[C@@H](O[C@@H]4O[C@H](CO)[C@@H](O)[C@@H](O)[C@H]4NC(=O)CCSSCCNC(=O)C(CCCCNC(=O)CCCCC4SCC5NC(=O)NC54)NC(=O)c4ccc(N=NN)cc4)[C@@H](O)[C@H]3NC(C)=O)[C@@H](CO)[C@@H]2O1. The van der Waals surface area contributed by atoms with E-state index in [2.05, 4.69) is 57.9 Å². The molecular formula is C50H78N12O18S3. The third-order valence-corrected chi connectivity index (χ3v) is 19.0. The molecule has 5 heterocycles. The number of ether oxygens (including phenoxy) is 5. The minimum atomic E-state index is -1.79. The van der Waals surface area contributed by atoms with Gasteiger partial charge >= 0.3 is 6.03 Å². The maximum atomic E-state index is 13.5. The van der Waals surface area contributed by atoms with Crippen molar-refractivity contribution in [1.29, 1.82) is 0 Å². The minimum absolute atomic E-state index is 0.0748. The van der Waals surface area contributed by atoms with Crippen molar-refractivity contribution in [2.24, 2.45) is 27.1 Å². The van der Waals surface area contributed by atoms with Crippen LogP contribution >= 0.6 is 33.3 Å². The number of hydrogen-bond donors (Lipinski definition) is 16. The Bertz CT molecular complexity index is 2400. The van der Waals surface area contributed by atoms with E-state index in [0.717, 1.165) is 25.5 Å². The van der Waals surface area contributed by atoms with Crippen LogP contribution in [0, 0.1) is 5.92 Å². The number of hydrogen-bond acceptors (Lipinski definition) is 24. The van der Waals surface area contributed by atoms with Crippen LogP contribution in [0.2, 0.25) is 0 Å². The molecule has 0 aromatic heterocycles. The summed E-state index contributed by atoms with van der Waals surface area (Å²) < 4.78 is 29.9. The molecule has 83 heavy (non-hydrogen) atoms. The zero-order valence-electron chi connectivity index (χ0n) is 45.9. The van der Waals surface area contributed by atoms with Gasteiger partial charge in [-0.1, -0.05) is 33.2 Å². The van der Waals surface area contributed by atoms with Gasteiger partial charge in [-0.15, -0.1) is 5.11 Å². The van der Waals surface area contributed by atoms with Crippen LogP contribution in [-0.4, -0.2) is 244 Å². The van der Waals surface area contributed by atoms with Gasteiger partial charge in [0.15, 0.2) is 12.6 Å². The maximum Gasteiger partial charge on any atom is 0.315 e. The number of unbranched alkanes of at least 4 members (excludes halogenated alkanes) is 2. The summed E-state index contributed by atoms with van der Waals surface area (Å²) in [6.45, 7) is -0.384. The van der Waals surface area contributed by atoms with Crippen LogP contribution in [0.5, 0.6) is 0 Å². The zero-order valence-corrected chi connectivity index (χ0v) is 48.3. The lowest BCUT2D eigenvalue weighted by Crippen LogP contribution is -2.69. The Labute approximate surface area is 490 Å². The molecule has 6 aliphatic rings. The highest BCUT2D eigenvalue weighted by molar-refractivity contribution is 8.76. The molecule has 5 aliphatic heterocycles. The van der Waals surface area contributed by atoms with Gasteiger partial charge < -0.3 is 108 Å². The van der Waals surface area contributed by atoms with Crippen molar-refractivity contribution in [2.45, 2.75) is 167 Å². The number of aliphatic imine (C=N–C) groups is 1. The number of aliphatic hydroxyl groups is 7. The van der Waals surface area contributed by atoms with E-state index in [1.165, 1.54) is 40.8 Å². The first-order chi connectivity index (χ1) is 40.0. The molecule has 0 radical (unpaired) electrons. The van der Waals surface area contributed by atoms with Gasteiger partial charge in [-0.3, -0.25) is 24.0 Å². The van der Waals surface area contributed by atoms with Crippen molar-refractivity contribution >= 4 is 80.6 Å². The largest absolute Gasteiger partial charge is 0.459 e. The van der Waals surface area contributed by atoms with Crippen molar-refractivity contribution in [3.63, 3.8) is 0 Å². The third kappa shape index (κ3) is 17.4. The summed E-state index contributed by atoms with van der Waals surface area (Å²) in [5.41, 5.74) is 0.708. The van der Waals surface area contributed by atoms with Crippen LogP contribution in [0.3, 0.4) is 0 Å². The second-order valence-electron chi connectivity index (χ2n) is 20.7. The van der Waals surface area contributed by atoms with E-state index in [4.69, 9.17) is 29.5 Å². The van der Waals surface area contributed by atoms with E-state index in [1.807, 2.05) is 11.8 Å². The number of benzene rings is 1. The van der Waals surface area contributed by atoms with Crippen molar-refractivity contribution in [1.82, 2.24) is 42.5 Å². The van der Waals surface area contributed by atoms with Gasteiger partial charge in [-0.2, -0.15) is 11.8 Å². The lowest BCUT2D eigenvalue weighted by molar-refractivity contribution is -0.339. The Morgan fingerprint density at radius 1 is 0.783 bits per heavy atom. The molecule has 4 unspecified atom stereocenters. The average Bonchev–Trinajstić information content (AvgIpc) is 4.30. The van der Waals surface area contributed by atoms with Gasteiger partial charge in [-0.05, 0) is 56.4 Å². The molecule has 19 atom stereocenters. The summed E-state index contributed by atoms with van der Waals surface area (Å²) in [4.78, 5) is 81.0. The van der Waals surface area contributed by atoms with E-state index in [0.29, 0.717) is 48.9 Å². The van der Waals surface area contributed by atoms with Gasteiger partial charge in [0.2, 0.25) is 23.6 Å². The molecule has 5 saturated heterocycles. The predicted molar refractivity (Wildman–Crippen MR) is 300 cm³/mol. The van der Waals surface area contributed by atoms with Gasteiger partial charge in [0.25, 0.3) is 11.9 Å². The molecule has 1 saturated carbocycles. The maximum absolute atomic E-state index is 13.5. The van der Waals surface area contributed by atoms with Gasteiger partial charge in [-0.25, -0.2) is 9.79 Å². The third-order valence-electron chi connectivity index (χ3n) is 15.1. The van der Waals surface area contributed by atoms with E-state index >= 15 is 0 Å². The highest BCUT2D eigenvalue weighted by atomic mass is 33.1. The Morgan fingerprint density at radius 3 is 2.19 bits per heavy atom. The van der Waals surface area contributed by atoms with E-state index < -0.39 is 141 Å². The Kier molecular flexibility index (Phi) is 25.3. The standard InChI is InChI=1S/C50H78N12O18S3/c1-23(66)55-37-41(72)44(30(21-65)77-48(37)78-43-26(19-63)42-35(40(43)71)60-50(52-2)80-42)79-47-36(39(70)38(69)29(20-64)76-47)58-33(68)14-17-82-83-18-16-54-46(74)27(56-45(73)24-10-12-25(13-11-24)61-62-51)7-5-6-15-53-32(67)9-4-3-8-31-34-28(22-81-31)57-49(75)59-34/h10-13,26-31,34-44,47-48,63-65,69-72H,3-9,14-22H2,1-2H3,(H2,51,61)(H,52,60)(H,53,67)(H,54,74)(H,55,66)(H,56,73)(H,58,68)(H2,57,59,75)/t26-,27?,28?,29+,30+,31?,34?,35+,36+,37+,38+,39-,40+,41-,42-,43+,44+,47-,48-/m0/s1. The summed E-state index contributed by atoms with van der Waals surface area (Å²) >= 11 is 1.83. The number of fused-ring (bicyclic) bond motifs is 2. The van der Waals surface area contributed by atoms with Gasteiger partial charge in [0.1, 0.15) is 67.0 Å².